The molecule has 0 spiro atoms. The summed E-state index contributed by atoms with van der Waals surface area (Å²) in [5.74, 6) is -1.53. The summed E-state index contributed by atoms with van der Waals surface area (Å²) in [7, 11) is 0. The smallest absolute Gasteiger partial charge is 0.152 e. The Balaban J connectivity index is 2.63. The first-order chi connectivity index (χ1) is 7.59. The molecule has 0 saturated carbocycles. The zero-order valence-corrected chi connectivity index (χ0v) is 9.28. The molecule has 0 saturated heterocycles. The van der Waals surface area contributed by atoms with E-state index in [1.165, 1.54) is 12.1 Å². The summed E-state index contributed by atoms with van der Waals surface area (Å²) in [5.41, 5.74) is 0.269. The van der Waals surface area contributed by atoms with Gasteiger partial charge in [0.15, 0.2) is 5.82 Å². The standard InChI is InChI=1S/C11H4Cl2F2N/c12-8-3-1-2-7(10(8)13)11-9(15)4-6(14)5-16-11/h1-2,4-5H. The van der Waals surface area contributed by atoms with Crippen molar-refractivity contribution in [3.05, 3.63) is 52.1 Å². The van der Waals surface area contributed by atoms with Gasteiger partial charge in [-0.25, -0.2) is 8.78 Å². The SMILES string of the molecule is Fc1cnc(-c2cc[c]c(Cl)c2Cl)c(F)c1. The van der Waals surface area contributed by atoms with E-state index in [0.29, 0.717) is 5.56 Å². The topological polar surface area (TPSA) is 12.9 Å². The fourth-order valence-electron chi connectivity index (χ4n) is 1.25. The van der Waals surface area contributed by atoms with Gasteiger partial charge in [-0.2, -0.15) is 0 Å². The molecular formula is C11H4Cl2F2N. The molecule has 0 aliphatic carbocycles. The molecule has 0 aliphatic heterocycles. The molecule has 0 amide bonds. The van der Waals surface area contributed by atoms with Crippen LogP contribution in [0.3, 0.4) is 0 Å². The summed E-state index contributed by atoms with van der Waals surface area (Å²) >= 11 is 11.6. The van der Waals surface area contributed by atoms with Gasteiger partial charge in [0.2, 0.25) is 0 Å². The molecule has 0 fully saturated rings. The van der Waals surface area contributed by atoms with Gasteiger partial charge >= 0.3 is 0 Å². The summed E-state index contributed by atoms with van der Waals surface area (Å²) in [5, 5.41) is 0.312. The lowest BCUT2D eigenvalue weighted by molar-refractivity contribution is 0.576. The Labute approximate surface area is 101 Å². The van der Waals surface area contributed by atoms with E-state index in [4.69, 9.17) is 23.2 Å². The van der Waals surface area contributed by atoms with Gasteiger partial charge in [0.1, 0.15) is 11.5 Å². The molecule has 1 aromatic carbocycles. The van der Waals surface area contributed by atoms with Crippen LogP contribution in [0.15, 0.2) is 24.4 Å². The highest BCUT2D eigenvalue weighted by Crippen LogP contribution is 2.33. The molecule has 0 unspecified atom stereocenters. The molecule has 5 heteroatoms. The molecule has 16 heavy (non-hydrogen) atoms. The molecule has 0 N–H and O–H groups in total. The van der Waals surface area contributed by atoms with E-state index in [0.717, 1.165) is 12.3 Å². The van der Waals surface area contributed by atoms with Crippen molar-refractivity contribution in [2.75, 3.05) is 0 Å². The number of nitrogens with zero attached hydrogens (tertiary/aromatic N) is 1. The second-order valence-electron chi connectivity index (χ2n) is 3.00. The number of hydrogen-bond donors (Lipinski definition) is 0. The van der Waals surface area contributed by atoms with Crippen LogP contribution < -0.4 is 0 Å². The maximum atomic E-state index is 13.4. The number of benzene rings is 1. The Morgan fingerprint density at radius 3 is 2.69 bits per heavy atom. The highest BCUT2D eigenvalue weighted by Gasteiger charge is 2.13. The van der Waals surface area contributed by atoms with Crippen LogP contribution in [0.1, 0.15) is 0 Å². The lowest BCUT2D eigenvalue weighted by atomic mass is 10.1. The quantitative estimate of drug-likeness (QED) is 0.750. The van der Waals surface area contributed by atoms with Crippen LogP contribution in [0.5, 0.6) is 0 Å². The van der Waals surface area contributed by atoms with E-state index in [2.05, 4.69) is 11.1 Å². The van der Waals surface area contributed by atoms with Crippen molar-refractivity contribution < 1.29 is 8.78 Å². The fourth-order valence-corrected chi connectivity index (χ4v) is 1.62. The van der Waals surface area contributed by atoms with Crippen LogP contribution in [0.4, 0.5) is 8.78 Å². The van der Waals surface area contributed by atoms with Gasteiger partial charge in [-0.15, -0.1) is 0 Å². The van der Waals surface area contributed by atoms with Gasteiger partial charge in [-0.05, 0) is 0 Å². The molecule has 1 radical (unpaired) electrons. The fraction of sp³-hybridized carbons (Fsp3) is 0. The molecule has 81 valence electrons. The van der Waals surface area contributed by atoms with Crippen molar-refractivity contribution in [1.29, 1.82) is 0 Å². The third kappa shape index (κ3) is 2.01. The normalized spacial score (nSPS) is 10.5. The predicted molar refractivity (Wildman–Crippen MR) is 58.4 cm³/mol. The minimum atomic E-state index is -0.788. The van der Waals surface area contributed by atoms with Crippen LogP contribution in [-0.4, -0.2) is 4.98 Å². The first-order valence-corrected chi connectivity index (χ1v) is 5.02. The van der Waals surface area contributed by atoms with Gasteiger partial charge in [0.05, 0.1) is 16.2 Å². The number of aromatic nitrogens is 1. The molecule has 1 heterocycles. The maximum Gasteiger partial charge on any atom is 0.152 e. The van der Waals surface area contributed by atoms with Crippen molar-refractivity contribution in [3.8, 4) is 11.3 Å². The van der Waals surface area contributed by atoms with Crippen molar-refractivity contribution in [2.45, 2.75) is 0 Å². The molecule has 0 aliphatic rings. The van der Waals surface area contributed by atoms with Crippen molar-refractivity contribution in [2.24, 2.45) is 0 Å². The second kappa shape index (κ2) is 4.36. The lowest BCUT2D eigenvalue weighted by Gasteiger charge is -2.05. The van der Waals surface area contributed by atoms with E-state index >= 15 is 0 Å². The summed E-state index contributed by atoms with van der Waals surface area (Å²) in [4.78, 5) is 3.64. The first-order valence-electron chi connectivity index (χ1n) is 4.26. The van der Waals surface area contributed by atoms with Gasteiger partial charge < -0.3 is 0 Å². The van der Waals surface area contributed by atoms with E-state index in [9.17, 15) is 8.78 Å². The molecule has 1 aromatic heterocycles. The number of rotatable bonds is 1. The third-order valence-corrected chi connectivity index (χ3v) is 2.74. The van der Waals surface area contributed by atoms with Crippen molar-refractivity contribution >= 4 is 23.2 Å². The van der Waals surface area contributed by atoms with E-state index in [-0.39, 0.29) is 15.7 Å². The third-order valence-electron chi connectivity index (χ3n) is 1.95. The summed E-state index contributed by atoms with van der Waals surface area (Å²) in [6.45, 7) is 0. The Morgan fingerprint density at radius 1 is 1.25 bits per heavy atom. The predicted octanol–water partition coefficient (Wildman–Crippen LogP) is 4.13. The number of halogens is 4. The summed E-state index contributed by atoms with van der Waals surface area (Å²) in [6.07, 6.45) is 0.916. The minimum absolute atomic E-state index is 0.0395. The second-order valence-corrected chi connectivity index (χ2v) is 3.76. The number of hydrogen-bond acceptors (Lipinski definition) is 1. The Kier molecular flexibility index (Phi) is 3.08. The maximum absolute atomic E-state index is 13.4. The average Bonchev–Trinajstić information content (AvgIpc) is 2.23. The average molecular weight is 259 g/mol. The summed E-state index contributed by atoms with van der Waals surface area (Å²) < 4.78 is 26.1. The van der Waals surface area contributed by atoms with Gasteiger partial charge in [-0.1, -0.05) is 35.3 Å². The lowest BCUT2D eigenvalue weighted by Crippen LogP contribution is -1.92. The molecule has 0 atom stereocenters. The zero-order chi connectivity index (χ0) is 11.7. The van der Waals surface area contributed by atoms with Gasteiger partial charge in [0.25, 0.3) is 0 Å². The van der Waals surface area contributed by atoms with Crippen LogP contribution in [0.2, 0.25) is 10.0 Å². The van der Waals surface area contributed by atoms with Crippen LogP contribution in [-0.2, 0) is 0 Å². The molecule has 0 bridgehead atoms. The molecular weight excluding hydrogens is 255 g/mol. The van der Waals surface area contributed by atoms with E-state index in [1.807, 2.05) is 0 Å². The largest absolute Gasteiger partial charge is 0.250 e. The van der Waals surface area contributed by atoms with Crippen LogP contribution in [0.25, 0.3) is 11.3 Å². The summed E-state index contributed by atoms with van der Waals surface area (Å²) in [6, 6.07) is 6.39. The number of pyridine rings is 1. The minimum Gasteiger partial charge on any atom is -0.250 e. The van der Waals surface area contributed by atoms with Crippen molar-refractivity contribution in [3.63, 3.8) is 0 Å². The van der Waals surface area contributed by atoms with Gasteiger partial charge in [-0.3, -0.25) is 4.98 Å². The highest BCUT2D eigenvalue weighted by molar-refractivity contribution is 6.43. The Hall–Kier alpha value is -1.19. The highest BCUT2D eigenvalue weighted by atomic mass is 35.5. The van der Waals surface area contributed by atoms with Crippen LogP contribution in [0, 0.1) is 17.7 Å². The zero-order valence-electron chi connectivity index (χ0n) is 7.77. The van der Waals surface area contributed by atoms with E-state index in [1.54, 1.807) is 0 Å². The monoisotopic (exact) mass is 258 g/mol. The van der Waals surface area contributed by atoms with E-state index < -0.39 is 11.6 Å². The van der Waals surface area contributed by atoms with Crippen LogP contribution >= 0.6 is 23.2 Å². The van der Waals surface area contributed by atoms with Crippen molar-refractivity contribution in [1.82, 2.24) is 4.98 Å². The first kappa shape index (κ1) is 11.3. The molecule has 1 nitrogen and oxygen atoms in total. The Bertz CT molecular complexity index is 544. The van der Waals surface area contributed by atoms with Gasteiger partial charge in [0, 0.05) is 17.7 Å². The molecule has 2 aromatic rings. The molecule has 2 rings (SSSR count). The Morgan fingerprint density at radius 2 is 2.00 bits per heavy atom.